The second-order valence-corrected chi connectivity index (χ2v) is 9.13. The van der Waals surface area contributed by atoms with Crippen LogP contribution in [0.2, 0.25) is 5.15 Å². The van der Waals surface area contributed by atoms with Crippen molar-refractivity contribution in [3.63, 3.8) is 0 Å². The summed E-state index contributed by atoms with van der Waals surface area (Å²) in [5, 5.41) is 4.25. The number of fused-ring (bicyclic) bond motifs is 2. The van der Waals surface area contributed by atoms with E-state index in [1.54, 1.807) is 30.5 Å². The Morgan fingerprint density at radius 2 is 1.94 bits per heavy atom. The molecule has 7 heteroatoms. The topological polar surface area (TPSA) is 58.1 Å². The van der Waals surface area contributed by atoms with Crippen molar-refractivity contribution < 1.29 is 9.18 Å². The Labute approximate surface area is 185 Å². The highest BCUT2D eigenvalue weighted by atomic mass is 35.5. The number of aromatic nitrogens is 2. The smallest absolute Gasteiger partial charge is 0.241 e. The van der Waals surface area contributed by atoms with Crippen LogP contribution in [-0.2, 0) is 4.79 Å². The molecule has 1 aliphatic heterocycles. The molecule has 3 unspecified atom stereocenters. The summed E-state index contributed by atoms with van der Waals surface area (Å²) in [5.74, 6) is 1.26. The summed E-state index contributed by atoms with van der Waals surface area (Å²) in [6, 6.07) is 10.1. The molecular formula is C24H24ClFN4O. The number of anilines is 1. The first-order valence-corrected chi connectivity index (χ1v) is 11.1. The van der Waals surface area contributed by atoms with E-state index in [0.717, 1.165) is 36.8 Å². The van der Waals surface area contributed by atoms with Crippen molar-refractivity contribution in [3.8, 4) is 0 Å². The Balaban J connectivity index is 1.24. The second kappa shape index (κ2) is 8.17. The molecule has 0 spiro atoms. The zero-order chi connectivity index (χ0) is 21.5. The molecule has 1 aromatic carbocycles. The van der Waals surface area contributed by atoms with Gasteiger partial charge in [0.15, 0.2) is 0 Å². The predicted molar refractivity (Wildman–Crippen MR) is 120 cm³/mol. The average molecular weight is 439 g/mol. The average Bonchev–Trinajstić information content (AvgIpc) is 3.33. The van der Waals surface area contributed by atoms with Crippen molar-refractivity contribution in [1.29, 1.82) is 0 Å². The number of carbonyl (C=O) groups excluding carboxylic acids is 1. The van der Waals surface area contributed by atoms with Crippen molar-refractivity contribution in [3.05, 3.63) is 65.3 Å². The van der Waals surface area contributed by atoms with Gasteiger partial charge in [-0.2, -0.15) is 0 Å². The normalized spacial score (nSPS) is 24.3. The number of hydrogen-bond donors (Lipinski definition) is 1. The number of likely N-dealkylation sites (tertiary alicyclic amines) is 1. The van der Waals surface area contributed by atoms with Gasteiger partial charge in [-0.3, -0.25) is 14.7 Å². The standard InChI is InChI=1S/C24H24ClFN4O/c1-14(24(31)29-19-3-5-23(25)28-11-19)30-12-16-8-15(9-17(16)13-30)20-6-7-27-22-4-2-18(26)10-21(20)22/h2-7,10-11,14-17H,8-9,12-13H2,1H3,(H,29,31)/t14?,15?,16-,17?/m1/s1. The van der Waals surface area contributed by atoms with Gasteiger partial charge in [0.1, 0.15) is 11.0 Å². The number of benzene rings is 1. The second-order valence-electron chi connectivity index (χ2n) is 8.74. The van der Waals surface area contributed by atoms with E-state index in [1.807, 2.05) is 19.2 Å². The minimum atomic E-state index is -0.221. The SMILES string of the molecule is CC(C(=O)Nc1ccc(Cl)nc1)N1CC2CC(c3ccnc4ccc(F)cc34)C[C@@H]2C1. The fourth-order valence-corrected chi connectivity index (χ4v) is 5.38. The van der Waals surface area contributed by atoms with Crippen LogP contribution in [0.5, 0.6) is 0 Å². The number of halogens is 2. The number of hydrogen-bond acceptors (Lipinski definition) is 4. The fraction of sp³-hybridized carbons (Fsp3) is 0.375. The zero-order valence-electron chi connectivity index (χ0n) is 17.3. The van der Waals surface area contributed by atoms with Gasteiger partial charge in [0, 0.05) is 24.7 Å². The molecule has 1 N–H and O–H groups in total. The van der Waals surface area contributed by atoms with Gasteiger partial charge < -0.3 is 5.32 Å². The van der Waals surface area contributed by atoms with Gasteiger partial charge in [-0.05, 0) is 79.5 Å². The summed E-state index contributed by atoms with van der Waals surface area (Å²) < 4.78 is 13.8. The Hall–Kier alpha value is -2.57. The monoisotopic (exact) mass is 438 g/mol. The van der Waals surface area contributed by atoms with E-state index in [-0.39, 0.29) is 17.8 Å². The highest BCUT2D eigenvalue weighted by Gasteiger charge is 2.43. The largest absolute Gasteiger partial charge is 0.323 e. The first kappa shape index (κ1) is 20.3. The Morgan fingerprint density at radius 3 is 2.65 bits per heavy atom. The van der Waals surface area contributed by atoms with Crippen LogP contribution in [-0.4, -0.2) is 39.9 Å². The lowest BCUT2D eigenvalue weighted by atomic mass is 9.93. The molecular weight excluding hydrogens is 415 g/mol. The lowest BCUT2D eigenvalue weighted by Crippen LogP contribution is -2.41. The van der Waals surface area contributed by atoms with Crippen molar-refractivity contribution in [2.75, 3.05) is 18.4 Å². The molecule has 1 saturated heterocycles. The lowest BCUT2D eigenvalue weighted by molar-refractivity contribution is -0.120. The van der Waals surface area contributed by atoms with Crippen molar-refractivity contribution >= 4 is 34.1 Å². The molecule has 5 nitrogen and oxygen atoms in total. The Kier molecular flexibility index (Phi) is 5.36. The van der Waals surface area contributed by atoms with E-state index < -0.39 is 0 Å². The molecule has 5 rings (SSSR count). The van der Waals surface area contributed by atoms with Gasteiger partial charge in [-0.25, -0.2) is 9.37 Å². The molecule has 3 aromatic rings. The van der Waals surface area contributed by atoms with Crippen LogP contribution in [0, 0.1) is 17.7 Å². The summed E-state index contributed by atoms with van der Waals surface area (Å²) in [5.41, 5.74) is 2.70. The Morgan fingerprint density at radius 1 is 1.16 bits per heavy atom. The zero-order valence-corrected chi connectivity index (χ0v) is 18.0. The molecule has 31 heavy (non-hydrogen) atoms. The fourth-order valence-electron chi connectivity index (χ4n) is 5.26. The van der Waals surface area contributed by atoms with Crippen LogP contribution in [0.15, 0.2) is 48.8 Å². The molecule has 1 saturated carbocycles. The van der Waals surface area contributed by atoms with E-state index in [0.29, 0.717) is 28.6 Å². The van der Waals surface area contributed by atoms with Gasteiger partial charge in [-0.1, -0.05) is 11.6 Å². The van der Waals surface area contributed by atoms with E-state index >= 15 is 0 Å². The number of carbonyl (C=O) groups is 1. The first-order valence-electron chi connectivity index (χ1n) is 10.7. The van der Waals surface area contributed by atoms with Crippen molar-refractivity contribution in [2.45, 2.75) is 31.7 Å². The molecule has 1 amide bonds. The maximum Gasteiger partial charge on any atom is 0.241 e. The molecule has 3 heterocycles. The summed E-state index contributed by atoms with van der Waals surface area (Å²) in [6.07, 6.45) is 5.52. The third kappa shape index (κ3) is 4.02. The summed E-state index contributed by atoms with van der Waals surface area (Å²) in [6.45, 7) is 3.77. The molecule has 2 aliphatic rings. The van der Waals surface area contributed by atoms with Crippen LogP contribution >= 0.6 is 11.6 Å². The molecule has 1 aliphatic carbocycles. The van der Waals surface area contributed by atoms with E-state index in [2.05, 4.69) is 20.2 Å². The van der Waals surface area contributed by atoms with Crippen LogP contribution in [0.25, 0.3) is 10.9 Å². The minimum absolute atomic E-state index is 0.0313. The highest BCUT2D eigenvalue weighted by molar-refractivity contribution is 6.29. The quantitative estimate of drug-likeness (QED) is 0.590. The first-order chi connectivity index (χ1) is 15.0. The van der Waals surface area contributed by atoms with Crippen LogP contribution in [0.1, 0.15) is 31.2 Å². The molecule has 4 atom stereocenters. The van der Waals surface area contributed by atoms with E-state index in [9.17, 15) is 9.18 Å². The van der Waals surface area contributed by atoms with E-state index in [1.165, 1.54) is 11.6 Å². The Bertz CT molecular complexity index is 1110. The van der Waals surface area contributed by atoms with Gasteiger partial charge in [-0.15, -0.1) is 0 Å². The third-order valence-electron chi connectivity index (χ3n) is 6.88. The molecule has 0 radical (unpaired) electrons. The number of nitrogens with zero attached hydrogens (tertiary/aromatic N) is 3. The maximum absolute atomic E-state index is 13.8. The van der Waals surface area contributed by atoms with Crippen LogP contribution in [0.3, 0.4) is 0 Å². The van der Waals surface area contributed by atoms with Gasteiger partial charge >= 0.3 is 0 Å². The maximum atomic E-state index is 13.8. The highest BCUT2D eigenvalue weighted by Crippen LogP contribution is 2.47. The van der Waals surface area contributed by atoms with Gasteiger partial charge in [0.05, 0.1) is 23.4 Å². The summed E-state index contributed by atoms with van der Waals surface area (Å²) >= 11 is 5.81. The number of pyridine rings is 2. The summed E-state index contributed by atoms with van der Waals surface area (Å²) in [7, 11) is 0. The van der Waals surface area contributed by atoms with Crippen LogP contribution < -0.4 is 5.32 Å². The van der Waals surface area contributed by atoms with Crippen molar-refractivity contribution in [1.82, 2.24) is 14.9 Å². The molecule has 0 bridgehead atoms. The number of nitrogens with one attached hydrogen (secondary N) is 1. The number of amides is 1. The molecule has 2 fully saturated rings. The third-order valence-corrected chi connectivity index (χ3v) is 7.10. The van der Waals surface area contributed by atoms with Gasteiger partial charge in [0.25, 0.3) is 0 Å². The summed E-state index contributed by atoms with van der Waals surface area (Å²) in [4.78, 5) is 23.4. The molecule has 160 valence electrons. The van der Waals surface area contributed by atoms with Crippen LogP contribution in [0.4, 0.5) is 10.1 Å². The number of rotatable bonds is 4. The van der Waals surface area contributed by atoms with E-state index in [4.69, 9.17) is 11.6 Å². The molecule has 2 aromatic heterocycles. The van der Waals surface area contributed by atoms with Crippen molar-refractivity contribution in [2.24, 2.45) is 11.8 Å². The lowest BCUT2D eigenvalue weighted by Gasteiger charge is -2.25. The van der Waals surface area contributed by atoms with Gasteiger partial charge in [0.2, 0.25) is 5.91 Å². The predicted octanol–water partition coefficient (Wildman–Crippen LogP) is 4.87. The minimum Gasteiger partial charge on any atom is -0.323 e.